The van der Waals surface area contributed by atoms with Gasteiger partial charge in [-0.05, 0) is 37.1 Å². The van der Waals surface area contributed by atoms with Crippen LogP contribution >= 0.6 is 23.2 Å². The lowest BCUT2D eigenvalue weighted by Crippen LogP contribution is -2.19. The lowest BCUT2D eigenvalue weighted by Gasteiger charge is -2.11. The van der Waals surface area contributed by atoms with E-state index in [9.17, 15) is 18.3 Å². The number of phenols is 1. The van der Waals surface area contributed by atoms with Gasteiger partial charge in [0.25, 0.3) is 0 Å². The van der Waals surface area contributed by atoms with Gasteiger partial charge in [0, 0.05) is 12.1 Å². The second-order valence-corrected chi connectivity index (χ2v) is 6.33. The summed E-state index contributed by atoms with van der Waals surface area (Å²) >= 11 is 11.9. The molecule has 9 heteroatoms. The molecule has 2 rings (SSSR count). The van der Waals surface area contributed by atoms with E-state index in [-0.39, 0.29) is 21.5 Å². The van der Waals surface area contributed by atoms with Crippen molar-refractivity contribution >= 4 is 23.2 Å². The van der Waals surface area contributed by atoms with Crippen molar-refractivity contribution in [3.63, 3.8) is 0 Å². The first-order chi connectivity index (χ1) is 12.7. The number of rotatable bonds is 9. The van der Waals surface area contributed by atoms with Crippen LogP contribution in [-0.2, 0) is 0 Å². The first-order valence-corrected chi connectivity index (χ1v) is 8.73. The quantitative estimate of drug-likeness (QED) is 0.510. The number of hydrogen-bond donors (Lipinski definition) is 1. The highest BCUT2D eigenvalue weighted by atomic mass is 35.5. The van der Waals surface area contributed by atoms with Crippen LogP contribution < -0.4 is 14.2 Å². The molecule has 0 radical (unpaired) electrons. The van der Waals surface area contributed by atoms with Gasteiger partial charge in [-0.15, -0.1) is 0 Å². The largest absolute Gasteiger partial charge is 0.508 e. The van der Waals surface area contributed by atoms with Crippen LogP contribution in [-0.4, -0.2) is 31.1 Å². The van der Waals surface area contributed by atoms with Crippen molar-refractivity contribution < 1.29 is 32.5 Å². The Morgan fingerprint density at radius 3 is 1.81 bits per heavy atom. The summed E-state index contributed by atoms with van der Waals surface area (Å²) in [6.45, 7) is -0.566. The van der Waals surface area contributed by atoms with Gasteiger partial charge >= 0.3 is 6.18 Å². The molecule has 0 saturated carbocycles. The van der Waals surface area contributed by atoms with Crippen LogP contribution in [0.25, 0.3) is 0 Å². The van der Waals surface area contributed by atoms with Crippen LogP contribution in [0.2, 0.25) is 10.0 Å². The van der Waals surface area contributed by atoms with E-state index in [1.165, 1.54) is 36.4 Å². The maximum atomic E-state index is 12.1. The van der Waals surface area contributed by atoms with Gasteiger partial charge in [-0.25, -0.2) is 0 Å². The molecule has 0 amide bonds. The summed E-state index contributed by atoms with van der Waals surface area (Å²) in [4.78, 5) is 0. The number of hydrogen-bond acceptors (Lipinski definition) is 4. The van der Waals surface area contributed by atoms with Crippen molar-refractivity contribution in [2.75, 3.05) is 19.8 Å². The van der Waals surface area contributed by atoms with Crippen molar-refractivity contribution in [2.24, 2.45) is 0 Å². The Morgan fingerprint density at radius 1 is 0.815 bits per heavy atom. The highest BCUT2D eigenvalue weighted by Gasteiger charge is 2.28. The van der Waals surface area contributed by atoms with Crippen molar-refractivity contribution in [1.82, 2.24) is 0 Å². The second-order valence-electron chi connectivity index (χ2n) is 5.52. The van der Waals surface area contributed by atoms with Crippen LogP contribution in [0.15, 0.2) is 36.4 Å². The molecule has 0 aliphatic heterocycles. The van der Waals surface area contributed by atoms with Crippen LogP contribution in [0, 0.1) is 0 Å². The SMILES string of the molecule is Oc1cc(Cl)c(OCCCCOc2ccc(OCC(F)(F)F)cc2)c(Cl)c1. The zero-order valence-corrected chi connectivity index (χ0v) is 15.6. The van der Waals surface area contributed by atoms with E-state index in [4.69, 9.17) is 32.7 Å². The smallest absolute Gasteiger partial charge is 0.422 e. The molecule has 0 unspecified atom stereocenters. The summed E-state index contributed by atoms with van der Waals surface area (Å²) in [5, 5.41) is 9.80. The third-order valence-electron chi connectivity index (χ3n) is 3.26. The summed E-state index contributed by atoms with van der Waals surface area (Å²) < 4.78 is 51.8. The van der Waals surface area contributed by atoms with Crippen molar-refractivity contribution in [3.8, 4) is 23.0 Å². The standard InChI is InChI=1S/C18H17Cl2F3O4/c19-15-9-12(24)10-16(20)17(15)26-8-2-1-7-25-13-3-5-14(6-4-13)27-11-18(21,22)23/h3-6,9-10,24H,1-2,7-8,11H2. The van der Waals surface area contributed by atoms with E-state index in [0.29, 0.717) is 37.6 Å². The van der Waals surface area contributed by atoms with Crippen molar-refractivity contribution in [1.29, 1.82) is 0 Å². The van der Waals surface area contributed by atoms with Gasteiger partial charge in [0.05, 0.1) is 23.3 Å². The minimum Gasteiger partial charge on any atom is -0.508 e. The van der Waals surface area contributed by atoms with Gasteiger partial charge in [0.2, 0.25) is 0 Å². The van der Waals surface area contributed by atoms with E-state index in [2.05, 4.69) is 4.74 Å². The average molecular weight is 425 g/mol. The molecular formula is C18H17Cl2F3O4. The first kappa shape index (κ1) is 21.3. The molecule has 2 aromatic rings. The fourth-order valence-electron chi connectivity index (χ4n) is 2.05. The summed E-state index contributed by atoms with van der Waals surface area (Å²) in [5.74, 6) is 0.919. The average Bonchev–Trinajstić information content (AvgIpc) is 2.58. The lowest BCUT2D eigenvalue weighted by molar-refractivity contribution is -0.153. The molecule has 1 N–H and O–H groups in total. The molecule has 0 aliphatic carbocycles. The normalized spacial score (nSPS) is 11.3. The highest BCUT2D eigenvalue weighted by Crippen LogP contribution is 2.36. The predicted molar refractivity (Wildman–Crippen MR) is 96.3 cm³/mol. The van der Waals surface area contributed by atoms with Crippen molar-refractivity contribution in [3.05, 3.63) is 46.4 Å². The Labute approximate surface area is 164 Å². The number of alkyl halides is 3. The fourth-order valence-corrected chi connectivity index (χ4v) is 2.63. The van der Waals surface area contributed by atoms with Gasteiger partial charge in [-0.1, -0.05) is 23.2 Å². The third kappa shape index (κ3) is 7.64. The number of phenolic OH excluding ortho intramolecular Hbond substituents is 1. The van der Waals surface area contributed by atoms with Crippen LogP contribution in [0.5, 0.6) is 23.0 Å². The molecule has 0 bridgehead atoms. The number of ether oxygens (including phenoxy) is 3. The topological polar surface area (TPSA) is 47.9 Å². The molecule has 0 aliphatic rings. The van der Waals surface area contributed by atoms with Gasteiger partial charge < -0.3 is 19.3 Å². The Hall–Kier alpha value is -1.99. The maximum absolute atomic E-state index is 12.1. The minimum absolute atomic E-state index is 0.0411. The molecule has 4 nitrogen and oxygen atoms in total. The van der Waals surface area contributed by atoms with Crippen LogP contribution in [0.4, 0.5) is 13.2 Å². The lowest BCUT2D eigenvalue weighted by atomic mass is 10.3. The van der Waals surface area contributed by atoms with Gasteiger partial charge in [-0.3, -0.25) is 0 Å². The predicted octanol–water partition coefficient (Wildman–Crippen LogP) is 5.88. The Kier molecular flexibility index (Phi) is 7.74. The molecule has 0 aromatic heterocycles. The van der Waals surface area contributed by atoms with E-state index in [1.54, 1.807) is 0 Å². The first-order valence-electron chi connectivity index (χ1n) is 7.98. The van der Waals surface area contributed by atoms with E-state index >= 15 is 0 Å². The monoisotopic (exact) mass is 424 g/mol. The Morgan fingerprint density at radius 2 is 1.30 bits per heavy atom. The Bertz CT molecular complexity index is 713. The van der Waals surface area contributed by atoms with Gasteiger partial charge in [-0.2, -0.15) is 13.2 Å². The number of aromatic hydroxyl groups is 1. The molecule has 148 valence electrons. The van der Waals surface area contributed by atoms with Gasteiger partial charge in [0.15, 0.2) is 12.4 Å². The van der Waals surface area contributed by atoms with Gasteiger partial charge in [0.1, 0.15) is 17.2 Å². The molecule has 0 saturated heterocycles. The van der Waals surface area contributed by atoms with Crippen molar-refractivity contribution in [2.45, 2.75) is 19.0 Å². The van der Waals surface area contributed by atoms with Crippen LogP contribution in [0.3, 0.4) is 0 Å². The highest BCUT2D eigenvalue weighted by molar-refractivity contribution is 6.37. The zero-order chi connectivity index (χ0) is 19.9. The van der Waals surface area contributed by atoms with E-state index < -0.39 is 12.8 Å². The van der Waals surface area contributed by atoms with Crippen LogP contribution in [0.1, 0.15) is 12.8 Å². The summed E-state index contributed by atoms with van der Waals surface area (Å²) in [7, 11) is 0. The molecule has 0 spiro atoms. The summed E-state index contributed by atoms with van der Waals surface area (Å²) in [6, 6.07) is 8.59. The molecular weight excluding hydrogens is 408 g/mol. The molecule has 0 atom stereocenters. The zero-order valence-electron chi connectivity index (χ0n) is 14.1. The number of halogens is 5. The summed E-state index contributed by atoms with van der Waals surface area (Å²) in [6.07, 6.45) is -3.02. The number of benzene rings is 2. The molecule has 27 heavy (non-hydrogen) atoms. The number of unbranched alkanes of at least 4 members (excludes halogenated alkanes) is 1. The van der Waals surface area contributed by atoms with E-state index in [0.717, 1.165) is 0 Å². The molecule has 0 heterocycles. The second kappa shape index (κ2) is 9.80. The molecule has 2 aromatic carbocycles. The fraction of sp³-hybridized carbons (Fsp3) is 0.333. The summed E-state index contributed by atoms with van der Waals surface area (Å²) in [5.41, 5.74) is 0. The maximum Gasteiger partial charge on any atom is 0.422 e. The van der Waals surface area contributed by atoms with E-state index in [1.807, 2.05) is 0 Å². The molecule has 0 fully saturated rings. The third-order valence-corrected chi connectivity index (χ3v) is 3.82. The minimum atomic E-state index is -4.37. The Balaban J connectivity index is 1.66.